The predicted octanol–water partition coefficient (Wildman–Crippen LogP) is 1.80. The van der Waals surface area contributed by atoms with E-state index >= 15 is 0 Å². The van der Waals surface area contributed by atoms with Crippen molar-refractivity contribution < 1.29 is 0 Å². The van der Waals surface area contributed by atoms with Gasteiger partial charge in [0.25, 0.3) is 0 Å². The van der Waals surface area contributed by atoms with Gasteiger partial charge >= 0.3 is 0 Å². The quantitative estimate of drug-likeness (QED) is 0.553. The van der Waals surface area contributed by atoms with E-state index in [4.69, 9.17) is 0 Å². The molecule has 1 heterocycles. The highest BCUT2D eigenvalue weighted by atomic mass is 79.9. The number of halogens is 1. The molecular weight excluding hydrogens is 228 g/mol. The number of rotatable bonds is 4. The van der Waals surface area contributed by atoms with Gasteiger partial charge < -0.3 is 4.90 Å². The van der Waals surface area contributed by atoms with Crippen LogP contribution < -0.4 is 0 Å². The molecule has 1 unspecified atom stereocenters. The molecule has 0 amide bonds. The van der Waals surface area contributed by atoms with Crippen LogP contribution in [0.15, 0.2) is 0 Å². The van der Waals surface area contributed by atoms with Gasteiger partial charge in [-0.05, 0) is 33.4 Å². The zero-order valence-corrected chi connectivity index (χ0v) is 10.4. The van der Waals surface area contributed by atoms with Gasteiger partial charge in [-0.1, -0.05) is 15.9 Å². The summed E-state index contributed by atoms with van der Waals surface area (Å²) >= 11 is 3.47. The van der Waals surface area contributed by atoms with Gasteiger partial charge in [0.15, 0.2) is 0 Å². The Morgan fingerprint density at radius 1 is 1.31 bits per heavy atom. The first-order valence-electron chi connectivity index (χ1n) is 5.22. The fourth-order valence-corrected chi connectivity index (χ4v) is 2.32. The van der Waals surface area contributed by atoms with Crippen molar-refractivity contribution in [2.45, 2.75) is 25.8 Å². The van der Waals surface area contributed by atoms with Crippen molar-refractivity contribution in [2.75, 3.05) is 38.6 Å². The van der Waals surface area contributed by atoms with Gasteiger partial charge in [-0.2, -0.15) is 0 Å². The summed E-state index contributed by atoms with van der Waals surface area (Å²) in [6.07, 6.45) is 2.64. The van der Waals surface area contributed by atoms with Crippen LogP contribution in [0.25, 0.3) is 0 Å². The molecule has 0 aromatic carbocycles. The lowest BCUT2D eigenvalue weighted by molar-refractivity contribution is 0.0990. The Morgan fingerprint density at radius 2 is 2.08 bits per heavy atom. The van der Waals surface area contributed by atoms with E-state index in [0.29, 0.717) is 0 Å². The summed E-state index contributed by atoms with van der Waals surface area (Å²) in [7, 11) is 2.21. The second kappa shape index (κ2) is 5.99. The van der Waals surface area contributed by atoms with Crippen LogP contribution in [0.1, 0.15) is 19.8 Å². The van der Waals surface area contributed by atoms with E-state index in [9.17, 15) is 0 Å². The van der Waals surface area contributed by atoms with Gasteiger partial charge in [0.05, 0.1) is 0 Å². The Morgan fingerprint density at radius 3 is 2.69 bits per heavy atom. The molecule has 0 radical (unpaired) electrons. The summed E-state index contributed by atoms with van der Waals surface area (Å²) in [4.78, 5) is 5.04. The molecule has 1 aliphatic heterocycles. The minimum absolute atomic E-state index is 0.745. The average molecular weight is 249 g/mol. The van der Waals surface area contributed by atoms with Gasteiger partial charge in [-0.3, -0.25) is 4.90 Å². The highest BCUT2D eigenvalue weighted by molar-refractivity contribution is 9.09. The summed E-state index contributed by atoms with van der Waals surface area (Å²) in [5, 5.41) is 1.15. The number of piperazine rings is 1. The maximum Gasteiger partial charge on any atom is 0.0195 e. The van der Waals surface area contributed by atoms with Gasteiger partial charge in [0, 0.05) is 31.0 Å². The fourth-order valence-electron chi connectivity index (χ4n) is 1.92. The third-order valence-electron chi connectivity index (χ3n) is 2.80. The predicted molar refractivity (Wildman–Crippen MR) is 61.6 cm³/mol. The molecular formula is C10H21BrN2. The van der Waals surface area contributed by atoms with E-state index in [1.165, 1.54) is 39.0 Å². The van der Waals surface area contributed by atoms with Crippen molar-refractivity contribution in [3.05, 3.63) is 0 Å². The Balaban J connectivity index is 2.18. The summed E-state index contributed by atoms with van der Waals surface area (Å²) in [6.45, 7) is 7.33. The Bertz CT molecular complexity index is 141. The third-order valence-corrected chi connectivity index (χ3v) is 3.36. The minimum Gasteiger partial charge on any atom is -0.304 e. The van der Waals surface area contributed by atoms with E-state index < -0.39 is 0 Å². The van der Waals surface area contributed by atoms with Crippen LogP contribution in [0, 0.1) is 0 Å². The van der Waals surface area contributed by atoms with Crippen LogP contribution in [-0.4, -0.2) is 54.4 Å². The van der Waals surface area contributed by atoms with Gasteiger partial charge in [0.2, 0.25) is 0 Å². The third kappa shape index (κ3) is 3.96. The van der Waals surface area contributed by atoms with E-state index in [0.717, 1.165) is 11.4 Å². The molecule has 0 aliphatic carbocycles. The van der Waals surface area contributed by atoms with Crippen molar-refractivity contribution in [2.24, 2.45) is 0 Å². The van der Waals surface area contributed by atoms with Crippen molar-refractivity contribution in [1.82, 2.24) is 9.80 Å². The molecule has 1 atom stereocenters. The largest absolute Gasteiger partial charge is 0.304 e. The van der Waals surface area contributed by atoms with Crippen LogP contribution in [0.2, 0.25) is 0 Å². The second-order valence-electron chi connectivity index (χ2n) is 4.04. The van der Waals surface area contributed by atoms with Crippen LogP contribution in [0.3, 0.4) is 0 Å². The lowest BCUT2D eigenvalue weighted by Crippen LogP contribution is -2.50. The van der Waals surface area contributed by atoms with Gasteiger partial charge in [0.1, 0.15) is 0 Å². The molecule has 1 rings (SSSR count). The number of likely N-dealkylation sites (N-methyl/N-ethyl adjacent to an activating group) is 1. The molecule has 0 bridgehead atoms. The van der Waals surface area contributed by atoms with Crippen LogP contribution in [-0.2, 0) is 0 Å². The highest BCUT2D eigenvalue weighted by Crippen LogP contribution is 2.09. The molecule has 3 heteroatoms. The van der Waals surface area contributed by atoms with E-state index in [2.05, 4.69) is 39.7 Å². The maximum absolute atomic E-state index is 3.47. The molecule has 0 N–H and O–H groups in total. The maximum atomic E-state index is 3.47. The molecule has 0 saturated carbocycles. The first kappa shape index (κ1) is 11.5. The van der Waals surface area contributed by atoms with Crippen molar-refractivity contribution in [3.8, 4) is 0 Å². The SMILES string of the molecule is CC1CN(C)CCN1CCCCBr. The van der Waals surface area contributed by atoms with E-state index in [-0.39, 0.29) is 0 Å². The second-order valence-corrected chi connectivity index (χ2v) is 4.84. The first-order chi connectivity index (χ1) is 6.24. The number of hydrogen-bond donors (Lipinski definition) is 0. The van der Waals surface area contributed by atoms with Gasteiger partial charge in [-0.25, -0.2) is 0 Å². The molecule has 1 saturated heterocycles. The lowest BCUT2D eigenvalue weighted by Gasteiger charge is -2.38. The van der Waals surface area contributed by atoms with Crippen molar-refractivity contribution in [1.29, 1.82) is 0 Å². The summed E-state index contributed by atoms with van der Waals surface area (Å²) in [5.41, 5.74) is 0. The standard InChI is InChI=1S/C10H21BrN2/c1-10-9-12(2)7-8-13(10)6-4-3-5-11/h10H,3-9H2,1-2H3. The summed E-state index contributed by atoms with van der Waals surface area (Å²) in [5.74, 6) is 0. The van der Waals surface area contributed by atoms with E-state index in [1.807, 2.05) is 0 Å². The van der Waals surface area contributed by atoms with Crippen molar-refractivity contribution in [3.63, 3.8) is 0 Å². The zero-order chi connectivity index (χ0) is 9.68. The minimum atomic E-state index is 0.745. The first-order valence-corrected chi connectivity index (χ1v) is 6.34. The van der Waals surface area contributed by atoms with Crippen LogP contribution >= 0.6 is 15.9 Å². The number of alkyl halides is 1. The normalized spacial score (nSPS) is 26.5. The van der Waals surface area contributed by atoms with Crippen LogP contribution in [0.5, 0.6) is 0 Å². The smallest absolute Gasteiger partial charge is 0.0195 e. The zero-order valence-electron chi connectivity index (χ0n) is 8.80. The number of unbranched alkanes of at least 4 members (excludes halogenated alkanes) is 1. The lowest BCUT2D eigenvalue weighted by atomic mass is 10.2. The molecule has 13 heavy (non-hydrogen) atoms. The number of nitrogens with zero attached hydrogens (tertiary/aromatic N) is 2. The fraction of sp³-hybridized carbons (Fsp3) is 1.00. The summed E-state index contributed by atoms with van der Waals surface area (Å²) < 4.78 is 0. The molecule has 2 nitrogen and oxygen atoms in total. The van der Waals surface area contributed by atoms with E-state index in [1.54, 1.807) is 0 Å². The average Bonchev–Trinajstić information content (AvgIpc) is 2.09. The van der Waals surface area contributed by atoms with Crippen LogP contribution in [0.4, 0.5) is 0 Å². The number of hydrogen-bond acceptors (Lipinski definition) is 2. The Kier molecular flexibility index (Phi) is 5.29. The van der Waals surface area contributed by atoms with Crippen molar-refractivity contribution >= 4 is 15.9 Å². The monoisotopic (exact) mass is 248 g/mol. The topological polar surface area (TPSA) is 6.48 Å². The molecule has 1 aliphatic rings. The molecule has 0 aromatic rings. The molecule has 78 valence electrons. The Hall–Kier alpha value is 0.400. The molecule has 0 spiro atoms. The summed E-state index contributed by atoms with van der Waals surface area (Å²) in [6, 6.07) is 0.745. The molecule has 0 aromatic heterocycles. The highest BCUT2D eigenvalue weighted by Gasteiger charge is 2.20. The van der Waals surface area contributed by atoms with Gasteiger partial charge in [-0.15, -0.1) is 0 Å². The molecule has 1 fully saturated rings. The Labute approximate surface area is 90.4 Å².